The van der Waals surface area contributed by atoms with Gasteiger partial charge in [-0.05, 0) is 12.1 Å². The molecule has 0 N–H and O–H groups in total. The fourth-order valence-electron chi connectivity index (χ4n) is 3.21. The van der Waals surface area contributed by atoms with E-state index in [9.17, 15) is 0 Å². The van der Waals surface area contributed by atoms with Crippen LogP contribution < -0.4 is 4.90 Å². The summed E-state index contributed by atoms with van der Waals surface area (Å²) in [6, 6.07) is 9.97. The molecule has 0 saturated carbocycles. The second-order valence-electron chi connectivity index (χ2n) is 6.23. The van der Waals surface area contributed by atoms with Crippen molar-refractivity contribution in [3.63, 3.8) is 0 Å². The number of fused-ring (bicyclic) bond motifs is 1. The van der Waals surface area contributed by atoms with E-state index in [1.165, 1.54) is 6.33 Å². The third kappa shape index (κ3) is 2.89. The van der Waals surface area contributed by atoms with Crippen molar-refractivity contribution in [2.75, 3.05) is 31.2 Å². The van der Waals surface area contributed by atoms with E-state index in [1.54, 1.807) is 12.4 Å². The minimum atomic E-state index is 0.585. The van der Waals surface area contributed by atoms with Crippen LogP contribution in [0.25, 0.3) is 28.1 Å². The monoisotopic (exact) mass is 359 g/mol. The van der Waals surface area contributed by atoms with Crippen LogP contribution in [0.4, 0.5) is 5.82 Å². The fourth-order valence-corrected chi connectivity index (χ4v) is 3.21. The first-order valence-corrected chi connectivity index (χ1v) is 8.79. The highest BCUT2D eigenvalue weighted by atomic mass is 16.5. The molecule has 8 nitrogen and oxygen atoms in total. The zero-order valence-corrected chi connectivity index (χ0v) is 14.6. The molecule has 1 aliphatic heterocycles. The third-order valence-corrected chi connectivity index (χ3v) is 4.54. The highest BCUT2D eigenvalue weighted by Gasteiger charge is 2.21. The average molecular weight is 359 g/mol. The van der Waals surface area contributed by atoms with Gasteiger partial charge in [0.2, 0.25) is 0 Å². The summed E-state index contributed by atoms with van der Waals surface area (Å²) in [6.45, 7) is 2.94. The van der Waals surface area contributed by atoms with Crippen LogP contribution in [-0.4, -0.2) is 56.0 Å². The molecule has 4 heterocycles. The molecule has 0 amide bonds. The lowest BCUT2D eigenvalue weighted by molar-refractivity contribution is 0.122. The molecule has 1 fully saturated rings. The number of hydrogen-bond donors (Lipinski definition) is 0. The standard InChI is InChI=1S/C19H17N7O/c1-2-4-15(5-3-1)26-19-16(12-22-26)18(25-6-8-27-9-7-25)23-17(24-19)14-10-20-13-21-11-14/h1-5,10-13H,6-9H2. The molecule has 1 aromatic carbocycles. The van der Waals surface area contributed by atoms with E-state index < -0.39 is 0 Å². The summed E-state index contributed by atoms with van der Waals surface area (Å²) in [5, 5.41) is 5.50. The Hall–Kier alpha value is -3.39. The molecule has 0 radical (unpaired) electrons. The first-order chi connectivity index (χ1) is 13.4. The van der Waals surface area contributed by atoms with Gasteiger partial charge >= 0.3 is 0 Å². The quantitative estimate of drug-likeness (QED) is 0.554. The predicted octanol–water partition coefficient (Wildman–Crippen LogP) is 2.11. The Morgan fingerprint density at radius 2 is 1.67 bits per heavy atom. The van der Waals surface area contributed by atoms with Gasteiger partial charge in [-0.3, -0.25) is 0 Å². The van der Waals surface area contributed by atoms with Gasteiger partial charge in [-0.15, -0.1) is 0 Å². The second-order valence-corrected chi connectivity index (χ2v) is 6.23. The van der Waals surface area contributed by atoms with Crippen LogP contribution in [0.2, 0.25) is 0 Å². The summed E-state index contributed by atoms with van der Waals surface area (Å²) in [5.41, 5.74) is 2.49. The molecule has 3 aromatic heterocycles. The molecule has 1 saturated heterocycles. The first kappa shape index (κ1) is 15.8. The highest BCUT2D eigenvalue weighted by molar-refractivity contribution is 5.89. The summed E-state index contributed by atoms with van der Waals surface area (Å²) in [4.78, 5) is 20.0. The van der Waals surface area contributed by atoms with Crippen LogP contribution in [0, 0.1) is 0 Å². The Labute approximate surface area is 155 Å². The van der Waals surface area contributed by atoms with Crippen LogP contribution in [0.15, 0.2) is 55.2 Å². The van der Waals surface area contributed by atoms with Crippen molar-refractivity contribution < 1.29 is 4.74 Å². The molecule has 8 heteroatoms. The van der Waals surface area contributed by atoms with Crippen LogP contribution in [0.3, 0.4) is 0 Å². The molecule has 0 bridgehead atoms. The number of ether oxygens (including phenoxy) is 1. The highest BCUT2D eigenvalue weighted by Crippen LogP contribution is 2.29. The van der Waals surface area contributed by atoms with Crippen molar-refractivity contribution >= 4 is 16.9 Å². The van der Waals surface area contributed by atoms with Gasteiger partial charge in [0.05, 0.1) is 36.0 Å². The molecule has 5 rings (SSSR count). The minimum absolute atomic E-state index is 0.585. The Morgan fingerprint density at radius 3 is 2.44 bits per heavy atom. The van der Waals surface area contributed by atoms with Crippen LogP contribution >= 0.6 is 0 Å². The van der Waals surface area contributed by atoms with Crippen LogP contribution in [0.1, 0.15) is 0 Å². The number of benzene rings is 1. The maximum Gasteiger partial charge on any atom is 0.169 e. The first-order valence-electron chi connectivity index (χ1n) is 8.79. The Morgan fingerprint density at radius 1 is 0.889 bits per heavy atom. The average Bonchev–Trinajstić information content (AvgIpc) is 3.19. The van der Waals surface area contributed by atoms with Gasteiger partial charge in [-0.25, -0.2) is 24.6 Å². The van der Waals surface area contributed by atoms with Gasteiger partial charge in [-0.2, -0.15) is 5.10 Å². The van der Waals surface area contributed by atoms with E-state index in [4.69, 9.17) is 14.7 Å². The van der Waals surface area contributed by atoms with Gasteiger partial charge in [0, 0.05) is 25.5 Å². The van der Waals surface area contributed by atoms with Gasteiger partial charge in [0.25, 0.3) is 0 Å². The number of para-hydroxylation sites is 1. The molecule has 0 spiro atoms. The summed E-state index contributed by atoms with van der Waals surface area (Å²) in [5.74, 6) is 1.45. The van der Waals surface area contributed by atoms with E-state index >= 15 is 0 Å². The Kier molecular flexibility index (Phi) is 3.95. The number of morpholine rings is 1. The molecule has 1 aliphatic rings. The lowest BCUT2D eigenvalue weighted by Crippen LogP contribution is -2.37. The van der Waals surface area contributed by atoms with Crippen molar-refractivity contribution in [2.24, 2.45) is 0 Å². The summed E-state index contributed by atoms with van der Waals surface area (Å²) in [7, 11) is 0. The van der Waals surface area contributed by atoms with Crippen LogP contribution in [-0.2, 0) is 4.74 Å². The molecule has 0 unspecified atom stereocenters. The Balaban J connectivity index is 1.73. The van der Waals surface area contributed by atoms with Crippen molar-refractivity contribution in [2.45, 2.75) is 0 Å². The lowest BCUT2D eigenvalue weighted by Gasteiger charge is -2.28. The zero-order valence-electron chi connectivity index (χ0n) is 14.6. The minimum Gasteiger partial charge on any atom is -0.378 e. The van der Waals surface area contributed by atoms with E-state index in [2.05, 4.69) is 20.0 Å². The van der Waals surface area contributed by atoms with E-state index in [-0.39, 0.29) is 0 Å². The van der Waals surface area contributed by atoms with Crippen molar-refractivity contribution in [1.82, 2.24) is 29.7 Å². The summed E-state index contributed by atoms with van der Waals surface area (Å²) >= 11 is 0. The van der Waals surface area contributed by atoms with E-state index in [1.807, 2.05) is 41.2 Å². The molecule has 134 valence electrons. The van der Waals surface area contributed by atoms with Crippen molar-refractivity contribution in [3.05, 3.63) is 55.2 Å². The van der Waals surface area contributed by atoms with Gasteiger partial charge in [-0.1, -0.05) is 18.2 Å². The normalized spacial score (nSPS) is 14.6. The van der Waals surface area contributed by atoms with Gasteiger partial charge in [0.15, 0.2) is 11.5 Å². The van der Waals surface area contributed by atoms with Crippen molar-refractivity contribution in [1.29, 1.82) is 0 Å². The SMILES string of the molecule is c1ccc(-n2ncc3c(N4CCOCC4)nc(-c4cncnc4)nc32)cc1. The second kappa shape index (κ2) is 6.73. The van der Waals surface area contributed by atoms with Crippen molar-refractivity contribution in [3.8, 4) is 17.1 Å². The zero-order chi connectivity index (χ0) is 18.1. The maximum atomic E-state index is 5.50. The van der Waals surface area contributed by atoms with E-state index in [0.29, 0.717) is 19.0 Å². The molecule has 27 heavy (non-hydrogen) atoms. The van der Waals surface area contributed by atoms with Crippen LogP contribution in [0.5, 0.6) is 0 Å². The van der Waals surface area contributed by atoms with E-state index in [0.717, 1.165) is 41.2 Å². The number of nitrogens with zero attached hydrogens (tertiary/aromatic N) is 7. The summed E-state index contributed by atoms with van der Waals surface area (Å²) in [6.07, 6.45) is 6.78. The molecule has 4 aromatic rings. The molecule has 0 atom stereocenters. The number of aromatic nitrogens is 6. The topological polar surface area (TPSA) is 81.9 Å². The maximum absolute atomic E-state index is 5.50. The predicted molar refractivity (Wildman–Crippen MR) is 101 cm³/mol. The summed E-state index contributed by atoms with van der Waals surface area (Å²) < 4.78 is 7.34. The van der Waals surface area contributed by atoms with Gasteiger partial charge < -0.3 is 9.64 Å². The van der Waals surface area contributed by atoms with Gasteiger partial charge in [0.1, 0.15) is 12.1 Å². The molecular formula is C19H17N7O. The fraction of sp³-hybridized carbons (Fsp3) is 0.211. The number of rotatable bonds is 3. The molecular weight excluding hydrogens is 342 g/mol. The Bertz CT molecular complexity index is 1060. The lowest BCUT2D eigenvalue weighted by atomic mass is 10.2. The largest absolute Gasteiger partial charge is 0.378 e. The smallest absolute Gasteiger partial charge is 0.169 e. The third-order valence-electron chi connectivity index (χ3n) is 4.54. The number of anilines is 1. The molecule has 0 aliphatic carbocycles. The number of hydrogen-bond acceptors (Lipinski definition) is 7.